The second kappa shape index (κ2) is 9.96. The van der Waals surface area contributed by atoms with Gasteiger partial charge in [-0.1, -0.05) is 47.5 Å². The van der Waals surface area contributed by atoms with Crippen LogP contribution >= 0.6 is 23.2 Å². The molecule has 0 aliphatic heterocycles. The average Bonchev–Trinajstić information content (AvgIpc) is 2.81. The number of aryl methyl sites for hydroxylation is 2. The van der Waals surface area contributed by atoms with E-state index in [4.69, 9.17) is 28.9 Å². The number of hydrogen-bond acceptors (Lipinski definition) is 7. The first-order valence-corrected chi connectivity index (χ1v) is 11.1. The first kappa shape index (κ1) is 23.3. The Morgan fingerprint density at radius 1 is 0.971 bits per heavy atom. The molecule has 0 bridgehead atoms. The Balaban J connectivity index is 1.62. The van der Waals surface area contributed by atoms with Gasteiger partial charge in [0.1, 0.15) is 17.8 Å². The number of anilines is 5. The van der Waals surface area contributed by atoms with Gasteiger partial charge in [0.25, 0.3) is 0 Å². The summed E-state index contributed by atoms with van der Waals surface area (Å²) >= 11 is 12.6. The zero-order valence-electron chi connectivity index (χ0n) is 18.5. The largest absolute Gasteiger partial charge is 0.393 e. The van der Waals surface area contributed by atoms with Crippen molar-refractivity contribution in [2.24, 2.45) is 0 Å². The molecule has 4 N–H and O–H groups in total. The van der Waals surface area contributed by atoms with Gasteiger partial charge < -0.3 is 16.4 Å². The molecule has 2 aromatic heterocycles. The van der Waals surface area contributed by atoms with Crippen molar-refractivity contribution in [2.75, 3.05) is 16.4 Å². The van der Waals surface area contributed by atoms with Crippen LogP contribution in [0.25, 0.3) is 0 Å². The van der Waals surface area contributed by atoms with Crippen LogP contribution in [0.3, 0.4) is 0 Å². The minimum atomic E-state index is -0.528. The van der Waals surface area contributed by atoms with Gasteiger partial charge in [0, 0.05) is 21.4 Å². The number of rotatable bonds is 6. The van der Waals surface area contributed by atoms with Crippen LogP contribution in [-0.4, -0.2) is 15.0 Å². The molecule has 0 radical (unpaired) electrons. The molecular weight excluding hydrogens is 469 g/mol. The number of pyridine rings is 1. The minimum absolute atomic E-state index is 0.335. The molecule has 0 spiro atoms. The summed E-state index contributed by atoms with van der Waals surface area (Å²) in [5.41, 5.74) is 10.6. The van der Waals surface area contributed by atoms with Crippen LogP contribution in [0.5, 0.6) is 0 Å². The van der Waals surface area contributed by atoms with Gasteiger partial charge >= 0.3 is 0 Å². The topological polar surface area (TPSA) is 113 Å². The van der Waals surface area contributed by atoms with Crippen molar-refractivity contribution in [3.05, 3.63) is 93.4 Å². The van der Waals surface area contributed by atoms with Crippen molar-refractivity contribution in [3.63, 3.8) is 0 Å². The number of nitriles is 1. The second-order valence-corrected chi connectivity index (χ2v) is 8.54. The molecule has 4 rings (SSSR count). The fraction of sp³-hybridized carbons (Fsp3) is 0.120. The summed E-state index contributed by atoms with van der Waals surface area (Å²) in [6, 6.07) is 18.8. The van der Waals surface area contributed by atoms with Crippen LogP contribution in [0, 0.1) is 25.2 Å². The summed E-state index contributed by atoms with van der Waals surface area (Å²) in [7, 11) is 0. The Labute approximate surface area is 207 Å². The number of nitrogen functional groups attached to an aromatic ring is 1. The quantitative estimate of drug-likeness (QED) is 0.282. The summed E-state index contributed by atoms with van der Waals surface area (Å²) in [6.45, 7) is 3.83. The van der Waals surface area contributed by atoms with Crippen molar-refractivity contribution in [1.82, 2.24) is 15.0 Å². The zero-order chi connectivity index (χ0) is 24.2. The third-order valence-electron chi connectivity index (χ3n) is 5.26. The van der Waals surface area contributed by atoms with Gasteiger partial charge in [0.2, 0.25) is 0 Å². The minimum Gasteiger partial charge on any atom is -0.393 e. The Morgan fingerprint density at radius 2 is 1.68 bits per heavy atom. The van der Waals surface area contributed by atoms with E-state index in [0.29, 0.717) is 44.4 Å². The monoisotopic (exact) mass is 489 g/mol. The molecule has 0 fully saturated rings. The second-order valence-electron chi connectivity index (χ2n) is 7.70. The van der Waals surface area contributed by atoms with E-state index in [9.17, 15) is 5.26 Å². The summed E-state index contributed by atoms with van der Waals surface area (Å²) in [5, 5.41) is 17.2. The van der Waals surface area contributed by atoms with E-state index in [1.54, 1.807) is 18.2 Å². The number of aromatic nitrogens is 3. The first-order valence-electron chi connectivity index (χ1n) is 10.4. The maximum Gasteiger partial charge on any atom is 0.160 e. The number of hydrogen-bond donors (Lipinski definition) is 3. The summed E-state index contributed by atoms with van der Waals surface area (Å²) in [4.78, 5) is 12.9. The normalized spacial score (nSPS) is 11.5. The fourth-order valence-electron chi connectivity index (χ4n) is 3.49. The van der Waals surface area contributed by atoms with Crippen LogP contribution in [-0.2, 0) is 0 Å². The Hall–Kier alpha value is -3.86. The highest BCUT2D eigenvalue weighted by Gasteiger charge is 2.19. The molecule has 2 heterocycles. The van der Waals surface area contributed by atoms with E-state index in [0.717, 1.165) is 16.8 Å². The van der Waals surface area contributed by atoms with Gasteiger partial charge in [-0.15, -0.1) is 0 Å². The highest BCUT2D eigenvalue weighted by atomic mass is 35.5. The maximum atomic E-state index is 9.82. The lowest BCUT2D eigenvalue weighted by atomic mass is 9.91. The summed E-state index contributed by atoms with van der Waals surface area (Å²) in [5.74, 6) is 0.957. The Kier molecular flexibility index (Phi) is 6.82. The van der Waals surface area contributed by atoms with Gasteiger partial charge in [0.05, 0.1) is 12.0 Å². The molecule has 34 heavy (non-hydrogen) atoms. The third-order valence-corrected chi connectivity index (χ3v) is 5.84. The summed E-state index contributed by atoms with van der Waals surface area (Å²) < 4.78 is 0. The highest BCUT2D eigenvalue weighted by molar-refractivity contribution is 6.32. The van der Waals surface area contributed by atoms with Crippen molar-refractivity contribution < 1.29 is 0 Å². The fourth-order valence-corrected chi connectivity index (χ4v) is 3.89. The van der Waals surface area contributed by atoms with Crippen LogP contribution in [0.2, 0.25) is 10.0 Å². The van der Waals surface area contributed by atoms with Crippen LogP contribution in [0.1, 0.15) is 28.3 Å². The molecule has 1 atom stereocenters. The molecular formula is C25H21Cl2N7. The number of nitrogens with one attached hydrogen (secondary N) is 2. The van der Waals surface area contributed by atoms with Gasteiger partial charge in [-0.2, -0.15) is 5.26 Å². The predicted octanol–water partition coefficient (Wildman–Crippen LogP) is 6.52. The van der Waals surface area contributed by atoms with E-state index in [-0.39, 0.29) is 0 Å². The third kappa shape index (κ3) is 5.04. The lowest BCUT2D eigenvalue weighted by Crippen LogP contribution is -2.07. The van der Waals surface area contributed by atoms with E-state index < -0.39 is 5.92 Å². The standard InChI is InChI=1S/C25H21Cl2N7/c1-14-10-18(19(12-28)16-6-8-17(26)9-7-16)20(27)11-21(14)33-24-23(29)25(31-13-30-24)34-22-5-3-4-15(2)32-22/h3-11,13,19H,29H2,1-2H3,(H2,30,31,32,33,34). The Morgan fingerprint density at radius 3 is 2.35 bits per heavy atom. The molecule has 170 valence electrons. The van der Waals surface area contributed by atoms with Gasteiger partial charge in [-0.05, 0) is 60.9 Å². The first-order chi connectivity index (χ1) is 16.4. The summed E-state index contributed by atoms with van der Waals surface area (Å²) in [6.07, 6.45) is 1.41. The van der Waals surface area contributed by atoms with Crippen molar-refractivity contribution in [2.45, 2.75) is 19.8 Å². The molecule has 0 saturated heterocycles. The number of nitrogens with zero attached hydrogens (tertiary/aromatic N) is 4. The van der Waals surface area contributed by atoms with Crippen molar-refractivity contribution in [3.8, 4) is 6.07 Å². The molecule has 4 aromatic rings. The predicted molar refractivity (Wildman–Crippen MR) is 137 cm³/mol. The van der Waals surface area contributed by atoms with E-state index in [1.807, 2.05) is 50.2 Å². The molecule has 0 aliphatic rings. The smallest absolute Gasteiger partial charge is 0.160 e. The zero-order valence-corrected chi connectivity index (χ0v) is 20.0. The molecule has 1 unspecified atom stereocenters. The number of nitrogens with two attached hydrogens (primary N) is 1. The molecule has 0 amide bonds. The van der Waals surface area contributed by atoms with Crippen molar-refractivity contribution >= 4 is 52.0 Å². The number of benzene rings is 2. The maximum absolute atomic E-state index is 9.82. The Bertz CT molecular complexity index is 1380. The molecule has 7 nitrogen and oxygen atoms in total. The lowest BCUT2D eigenvalue weighted by molar-refractivity contribution is 1.03. The molecule has 0 saturated carbocycles. The SMILES string of the molecule is Cc1cccc(Nc2ncnc(Nc3cc(Cl)c(C(C#N)c4ccc(Cl)cc4)cc3C)c2N)n1. The molecule has 9 heteroatoms. The molecule has 0 aliphatic carbocycles. The van der Waals surface area contributed by atoms with Gasteiger partial charge in [-0.25, -0.2) is 15.0 Å². The van der Waals surface area contributed by atoms with Crippen LogP contribution in [0.4, 0.5) is 28.8 Å². The average molecular weight is 490 g/mol. The van der Waals surface area contributed by atoms with E-state index in [2.05, 4.69) is 31.7 Å². The van der Waals surface area contributed by atoms with E-state index in [1.165, 1.54) is 6.33 Å². The highest BCUT2D eigenvalue weighted by Crippen LogP contribution is 2.36. The van der Waals surface area contributed by atoms with Crippen LogP contribution in [0.15, 0.2) is 60.9 Å². The van der Waals surface area contributed by atoms with Crippen LogP contribution < -0.4 is 16.4 Å². The van der Waals surface area contributed by atoms with E-state index >= 15 is 0 Å². The number of halogens is 2. The molecule has 2 aromatic carbocycles. The van der Waals surface area contributed by atoms with Gasteiger partial charge in [0.15, 0.2) is 11.6 Å². The lowest BCUT2D eigenvalue weighted by Gasteiger charge is -2.17. The van der Waals surface area contributed by atoms with Crippen molar-refractivity contribution in [1.29, 1.82) is 5.26 Å². The van der Waals surface area contributed by atoms with Gasteiger partial charge in [-0.3, -0.25) is 0 Å².